The van der Waals surface area contributed by atoms with E-state index in [-0.39, 0.29) is 17.1 Å². The zero-order valence-electron chi connectivity index (χ0n) is 10.6. The zero-order chi connectivity index (χ0) is 13.1. The molecular formula is C13H21FINO. The van der Waals surface area contributed by atoms with Crippen LogP contribution >= 0.6 is 22.6 Å². The van der Waals surface area contributed by atoms with Crippen molar-refractivity contribution < 1.29 is 9.18 Å². The fraction of sp³-hybridized carbons (Fsp3) is 0.846. The highest BCUT2D eigenvalue weighted by Gasteiger charge is 2.43. The lowest BCUT2D eigenvalue weighted by Gasteiger charge is -2.42. The maximum atomic E-state index is 13.8. The number of halogens is 2. The van der Waals surface area contributed by atoms with Crippen molar-refractivity contribution in [3.05, 3.63) is 0 Å². The highest BCUT2D eigenvalue weighted by Crippen LogP contribution is 2.49. The van der Waals surface area contributed by atoms with Crippen LogP contribution in [-0.4, -0.2) is 15.7 Å². The van der Waals surface area contributed by atoms with Crippen molar-refractivity contribution in [1.82, 2.24) is 0 Å². The summed E-state index contributed by atoms with van der Waals surface area (Å²) in [7, 11) is 0. The maximum Gasteiger partial charge on any atom is 0.161 e. The lowest BCUT2D eigenvalue weighted by atomic mass is 9.65. The van der Waals surface area contributed by atoms with Crippen LogP contribution in [0, 0.1) is 16.7 Å². The molecule has 1 aliphatic carbocycles. The molecule has 4 heteroatoms. The lowest BCUT2D eigenvalue weighted by Crippen LogP contribution is -2.38. The molecule has 0 saturated heterocycles. The Kier molecular flexibility index (Phi) is 5.10. The first-order valence-corrected chi connectivity index (χ1v) is 7.28. The van der Waals surface area contributed by atoms with Gasteiger partial charge in [0.05, 0.1) is 0 Å². The number of hydrogen-bond donors (Lipinski definition) is 1. The van der Waals surface area contributed by atoms with E-state index in [2.05, 4.69) is 6.92 Å². The molecule has 17 heavy (non-hydrogen) atoms. The average molecular weight is 353 g/mol. The molecule has 98 valence electrons. The second kappa shape index (κ2) is 5.76. The number of alkyl halides is 2. The van der Waals surface area contributed by atoms with E-state index in [4.69, 9.17) is 5.41 Å². The summed E-state index contributed by atoms with van der Waals surface area (Å²) in [5.41, 5.74) is -0.184. The van der Waals surface area contributed by atoms with Gasteiger partial charge in [-0.3, -0.25) is 0 Å². The van der Waals surface area contributed by atoms with Gasteiger partial charge in [0.25, 0.3) is 0 Å². The Labute approximate surface area is 116 Å². The third-order valence-electron chi connectivity index (χ3n) is 4.11. The van der Waals surface area contributed by atoms with Crippen LogP contribution in [0.2, 0.25) is 0 Å². The SMILES string of the molecule is CC(=O)CCC(C)C1(C=N)CCC(F)(I)CC1. The molecule has 1 saturated carbocycles. The quantitative estimate of drug-likeness (QED) is 0.447. The first-order chi connectivity index (χ1) is 7.81. The monoisotopic (exact) mass is 353 g/mol. The Bertz CT molecular complexity index is 294. The van der Waals surface area contributed by atoms with Gasteiger partial charge in [-0.2, -0.15) is 0 Å². The van der Waals surface area contributed by atoms with Crippen molar-refractivity contribution in [3.8, 4) is 0 Å². The van der Waals surface area contributed by atoms with Gasteiger partial charge in [-0.1, -0.05) is 6.92 Å². The number of rotatable bonds is 5. The fourth-order valence-electron chi connectivity index (χ4n) is 2.57. The average Bonchev–Trinajstić information content (AvgIpc) is 2.26. The minimum Gasteiger partial charge on any atom is -0.313 e. The molecule has 0 bridgehead atoms. The topological polar surface area (TPSA) is 40.9 Å². The van der Waals surface area contributed by atoms with Crippen molar-refractivity contribution in [3.63, 3.8) is 0 Å². The van der Waals surface area contributed by atoms with Crippen LogP contribution in [-0.2, 0) is 4.79 Å². The van der Waals surface area contributed by atoms with E-state index in [0.717, 1.165) is 19.3 Å². The molecule has 0 aromatic rings. The molecule has 1 rings (SSSR count). The van der Waals surface area contributed by atoms with E-state index in [9.17, 15) is 9.18 Å². The van der Waals surface area contributed by atoms with Gasteiger partial charge in [-0.05, 0) is 67.5 Å². The smallest absolute Gasteiger partial charge is 0.161 e. The first kappa shape index (κ1) is 15.1. The number of hydrogen-bond acceptors (Lipinski definition) is 2. The number of Topliss-reactive ketones (excluding diaryl/α,β-unsaturated/α-hetero) is 1. The van der Waals surface area contributed by atoms with Crippen molar-refractivity contribution in [2.75, 3.05) is 0 Å². The third kappa shape index (κ3) is 4.00. The molecule has 1 fully saturated rings. The summed E-state index contributed by atoms with van der Waals surface area (Å²) in [4.78, 5) is 11.0. The molecule has 1 atom stereocenters. The van der Waals surface area contributed by atoms with Crippen LogP contribution in [0.4, 0.5) is 4.39 Å². The molecule has 0 aromatic heterocycles. The summed E-state index contributed by atoms with van der Waals surface area (Å²) >= 11 is 1.88. The molecule has 0 aliphatic heterocycles. The highest BCUT2D eigenvalue weighted by molar-refractivity contribution is 14.1. The lowest BCUT2D eigenvalue weighted by molar-refractivity contribution is -0.117. The Balaban J connectivity index is 2.63. The summed E-state index contributed by atoms with van der Waals surface area (Å²) in [6.45, 7) is 3.69. The Morgan fingerprint density at radius 2 is 2.00 bits per heavy atom. The molecule has 1 unspecified atom stereocenters. The molecule has 2 nitrogen and oxygen atoms in total. The van der Waals surface area contributed by atoms with Crippen LogP contribution in [0.25, 0.3) is 0 Å². The van der Waals surface area contributed by atoms with Crippen molar-refractivity contribution in [1.29, 1.82) is 5.41 Å². The van der Waals surface area contributed by atoms with E-state index < -0.39 is 3.68 Å². The first-order valence-electron chi connectivity index (χ1n) is 6.20. The number of nitrogens with one attached hydrogen (secondary N) is 1. The maximum absolute atomic E-state index is 13.8. The summed E-state index contributed by atoms with van der Waals surface area (Å²) in [5.74, 6) is 0.484. The largest absolute Gasteiger partial charge is 0.313 e. The predicted octanol–water partition coefficient (Wildman–Crippen LogP) is 4.30. The Morgan fingerprint density at radius 3 is 2.41 bits per heavy atom. The van der Waals surface area contributed by atoms with Crippen LogP contribution in [0.3, 0.4) is 0 Å². The van der Waals surface area contributed by atoms with E-state index in [1.807, 2.05) is 22.6 Å². The van der Waals surface area contributed by atoms with Crippen molar-refractivity contribution in [2.45, 2.75) is 56.0 Å². The molecule has 0 heterocycles. The summed E-state index contributed by atoms with van der Waals surface area (Å²) < 4.78 is 12.7. The second-order valence-corrected chi connectivity index (χ2v) is 7.31. The van der Waals surface area contributed by atoms with Gasteiger partial charge in [0.2, 0.25) is 0 Å². The molecule has 1 aliphatic rings. The van der Waals surface area contributed by atoms with Crippen LogP contribution < -0.4 is 0 Å². The summed E-state index contributed by atoms with van der Waals surface area (Å²) in [6.07, 6.45) is 5.39. The van der Waals surface area contributed by atoms with Gasteiger partial charge in [-0.25, -0.2) is 4.39 Å². The Hall–Kier alpha value is 0. The summed E-state index contributed by atoms with van der Waals surface area (Å²) in [6, 6.07) is 0. The van der Waals surface area contributed by atoms with Gasteiger partial charge in [0.1, 0.15) is 5.78 Å². The zero-order valence-corrected chi connectivity index (χ0v) is 12.7. The second-order valence-electron chi connectivity index (χ2n) is 5.38. The van der Waals surface area contributed by atoms with Gasteiger partial charge < -0.3 is 10.2 Å². The number of ketones is 1. The van der Waals surface area contributed by atoms with E-state index >= 15 is 0 Å². The van der Waals surface area contributed by atoms with E-state index in [1.165, 1.54) is 6.21 Å². The standard InChI is InChI=1S/C13H21FINO/c1-10(3-4-11(2)17)12(9-16)5-7-13(14,15)8-6-12/h9-10,16H,3-8H2,1-2H3. The number of carbonyl (C=O) groups is 1. The van der Waals surface area contributed by atoms with Crippen molar-refractivity contribution in [2.24, 2.45) is 11.3 Å². The molecule has 0 aromatic carbocycles. The molecule has 1 N–H and O–H groups in total. The van der Waals surface area contributed by atoms with Gasteiger partial charge in [-0.15, -0.1) is 0 Å². The summed E-state index contributed by atoms with van der Waals surface area (Å²) in [5, 5.41) is 7.66. The van der Waals surface area contributed by atoms with Crippen LogP contribution in [0.1, 0.15) is 52.4 Å². The minimum absolute atomic E-state index is 0.184. The van der Waals surface area contributed by atoms with Gasteiger partial charge in [0.15, 0.2) is 3.68 Å². The van der Waals surface area contributed by atoms with Gasteiger partial charge >= 0.3 is 0 Å². The fourth-order valence-corrected chi connectivity index (χ4v) is 3.11. The van der Waals surface area contributed by atoms with Crippen LogP contribution in [0.15, 0.2) is 0 Å². The van der Waals surface area contributed by atoms with Crippen molar-refractivity contribution >= 4 is 34.6 Å². The molecule has 0 spiro atoms. The predicted molar refractivity (Wildman–Crippen MR) is 76.6 cm³/mol. The highest BCUT2D eigenvalue weighted by atomic mass is 127. The van der Waals surface area contributed by atoms with Crippen LogP contribution in [0.5, 0.6) is 0 Å². The van der Waals surface area contributed by atoms with E-state index in [1.54, 1.807) is 6.92 Å². The molecular weight excluding hydrogens is 332 g/mol. The molecule has 0 amide bonds. The Morgan fingerprint density at radius 1 is 1.47 bits per heavy atom. The van der Waals surface area contributed by atoms with E-state index in [0.29, 0.717) is 19.3 Å². The third-order valence-corrected chi connectivity index (χ3v) is 5.19. The van der Waals surface area contributed by atoms with Gasteiger partial charge in [0, 0.05) is 18.1 Å². The number of carbonyl (C=O) groups excluding carboxylic acids is 1. The molecule has 0 radical (unpaired) electrons. The normalized spacial score (nSPS) is 35.3. The minimum atomic E-state index is -1.09.